The number of amides is 1. The van der Waals surface area contributed by atoms with E-state index in [0.717, 1.165) is 17.8 Å². The normalized spacial score (nSPS) is 15.9. The van der Waals surface area contributed by atoms with Gasteiger partial charge in [0.15, 0.2) is 0 Å². The molecular weight excluding hydrogens is 411 g/mol. The van der Waals surface area contributed by atoms with E-state index in [1.54, 1.807) is 18.2 Å². The smallest absolute Gasteiger partial charge is 0.272 e. The molecule has 1 aliphatic rings. The van der Waals surface area contributed by atoms with Crippen molar-refractivity contribution in [2.24, 2.45) is 0 Å². The fourth-order valence-electron chi connectivity index (χ4n) is 3.50. The number of carbonyl (C=O) groups excluding carboxylic acids is 1. The summed E-state index contributed by atoms with van der Waals surface area (Å²) in [6.45, 7) is 0.945. The van der Waals surface area contributed by atoms with Crippen LogP contribution in [0, 0.1) is 5.82 Å². The van der Waals surface area contributed by atoms with Gasteiger partial charge in [0.1, 0.15) is 17.3 Å². The van der Waals surface area contributed by atoms with E-state index in [1.807, 2.05) is 0 Å². The van der Waals surface area contributed by atoms with Crippen molar-refractivity contribution in [3.63, 3.8) is 0 Å². The van der Waals surface area contributed by atoms with Crippen LogP contribution in [0.5, 0.6) is 0 Å². The standard InChI is InChI=1S/C20H21FN4O4S/c21-15-3-5-17(6-4-15)30(27,28)25-9-7-14(8-10-25)18-12-19(24-23-18)20(26)22-13-16-2-1-11-29-16/h1-6,11-12,14H,7-10,13H2,(H,22,26)(H,23,24). The lowest BCUT2D eigenvalue weighted by Crippen LogP contribution is -2.37. The molecule has 1 aliphatic heterocycles. The highest BCUT2D eigenvalue weighted by Crippen LogP contribution is 2.30. The highest BCUT2D eigenvalue weighted by atomic mass is 32.2. The SMILES string of the molecule is O=C(NCc1ccco1)c1cc(C2CCN(S(=O)(=O)c3ccc(F)cc3)CC2)[nH]n1. The van der Waals surface area contributed by atoms with E-state index in [9.17, 15) is 17.6 Å². The van der Waals surface area contributed by atoms with Crippen LogP contribution in [0.4, 0.5) is 4.39 Å². The molecule has 2 aromatic heterocycles. The zero-order valence-electron chi connectivity index (χ0n) is 16.0. The Morgan fingerprint density at radius 2 is 1.97 bits per heavy atom. The first-order valence-electron chi connectivity index (χ1n) is 9.55. The van der Waals surface area contributed by atoms with E-state index in [4.69, 9.17) is 4.42 Å². The molecule has 0 radical (unpaired) electrons. The molecule has 30 heavy (non-hydrogen) atoms. The molecule has 0 atom stereocenters. The molecule has 10 heteroatoms. The van der Waals surface area contributed by atoms with Crippen LogP contribution >= 0.6 is 0 Å². The van der Waals surface area contributed by atoms with Crippen molar-refractivity contribution in [3.8, 4) is 0 Å². The Labute approximate surface area is 173 Å². The molecule has 0 spiro atoms. The minimum absolute atomic E-state index is 0.0730. The number of H-pyrrole nitrogens is 1. The van der Waals surface area contributed by atoms with Crippen molar-refractivity contribution in [1.29, 1.82) is 0 Å². The van der Waals surface area contributed by atoms with E-state index in [0.29, 0.717) is 31.7 Å². The molecule has 8 nitrogen and oxygen atoms in total. The molecular formula is C20H21FN4O4S. The van der Waals surface area contributed by atoms with Crippen molar-refractivity contribution in [3.05, 3.63) is 71.7 Å². The van der Waals surface area contributed by atoms with E-state index in [-0.39, 0.29) is 29.0 Å². The van der Waals surface area contributed by atoms with Crippen molar-refractivity contribution >= 4 is 15.9 Å². The predicted octanol–water partition coefficient (Wildman–Crippen LogP) is 2.64. The number of hydrogen-bond donors (Lipinski definition) is 2. The average Bonchev–Trinajstić information content (AvgIpc) is 3.45. The summed E-state index contributed by atoms with van der Waals surface area (Å²) in [6.07, 6.45) is 2.73. The summed E-state index contributed by atoms with van der Waals surface area (Å²) in [6, 6.07) is 10.1. The molecule has 2 N–H and O–H groups in total. The maximum atomic E-state index is 13.1. The van der Waals surface area contributed by atoms with Crippen molar-refractivity contribution in [2.75, 3.05) is 13.1 Å². The molecule has 3 heterocycles. The van der Waals surface area contributed by atoms with Crippen molar-refractivity contribution in [1.82, 2.24) is 19.8 Å². The Hall–Kier alpha value is -2.98. The molecule has 0 saturated carbocycles. The van der Waals surface area contributed by atoms with Gasteiger partial charge in [-0.2, -0.15) is 9.40 Å². The Morgan fingerprint density at radius 3 is 2.63 bits per heavy atom. The molecule has 0 bridgehead atoms. The minimum atomic E-state index is -3.65. The summed E-state index contributed by atoms with van der Waals surface area (Å²) in [7, 11) is -3.65. The molecule has 1 amide bonds. The number of aromatic amines is 1. The second-order valence-corrected chi connectivity index (χ2v) is 9.04. The zero-order valence-corrected chi connectivity index (χ0v) is 16.9. The zero-order chi connectivity index (χ0) is 21.1. The topological polar surface area (TPSA) is 108 Å². The van der Waals surface area contributed by atoms with Gasteiger partial charge < -0.3 is 9.73 Å². The fraction of sp³-hybridized carbons (Fsp3) is 0.300. The maximum Gasteiger partial charge on any atom is 0.272 e. The number of halogens is 1. The van der Waals surface area contributed by atoms with Gasteiger partial charge in [0.05, 0.1) is 17.7 Å². The largest absolute Gasteiger partial charge is 0.467 e. The van der Waals surface area contributed by atoms with Gasteiger partial charge >= 0.3 is 0 Å². The lowest BCUT2D eigenvalue weighted by atomic mass is 9.94. The van der Waals surface area contributed by atoms with E-state index in [2.05, 4.69) is 15.5 Å². The Kier molecular flexibility index (Phi) is 5.69. The predicted molar refractivity (Wildman–Crippen MR) is 106 cm³/mol. The van der Waals surface area contributed by atoms with E-state index >= 15 is 0 Å². The molecule has 1 saturated heterocycles. The van der Waals surface area contributed by atoms with Crippen LogP contribution in [0.2, 0.25) is 0 Å². The van der Waals surface area contributed by atoms with Gasteiger partial charge in [0, 0.05) is 24.7 Å². The van der Waals surface area contributed by atoms with Crippen LogP contribution < -0.4 is 5.32 Å². The van der Waals surface area contributed by atoms with Gasteiger partial charge in [-0.3, -0.25) is 9.89 Å². The molecule has 1 aromatic carbocycles. The molecule has 4 rings (SSSR count). The number of nitrogens with zero attached hydrogens (tertiary/aromatic N) is 2. The second-order valence-electron chi connectivity index (χ2n) is 7.10. The number of carbonyl (C=O) groups is 1. The van der Waals surface area contributed by atoms with Crippen LogP contribution in [-0.2, 0) is 16.6 Å². The van der Waals surface area contributed by atoms with Gasteiger partial charge in [-0.05, 0) is 55.3 Å². The number of sulfonamides is 1. The number of rotatable bonds is 6. The average molecular weight is 432 g/mol. The van der Waals surface area contributed by atoms with Gasteiger partial charge in [0.25, 0.3) is 5.91 Å². The first-order valence-corrected chi connectivity index (χ1v) is 11.0. The highest BCUT2D eigenvalue weighted by molar-refractivity contribution is 7.89. The molecule has 3 aromatic rings. The Balaban J connectivity index is 1.35. The second kappa shape index (κ2) is 8.41. The summed E-state index contributed by atoms with van der Waals surface area (Å²) in [5.41, 5.74) is 1.08. The number of aromatic nitrogens is 2. The lowest BCUT2D eigenvalue weighted by Gasteiger charge is -2.30. The molecule has 1 fully saturated rings. The number of piperidine rings is 1. The summed E-state index contributed by atoms with van der Waals surface area (Å²) in [5, 5.41) is 9.71. The first-order chi connectivity index (χ1) is 14.4. The van der Waals surface area contributed by atoms with Gasteiger partial charge in [-0.15, -0.1) is 0 Å². The third kappa shape index (κ3) is 4.29. The minimum Gasteiger partial charge on any atom is -0.467 e. The van der Waals surface area contributed by atoms with Crippen molar-refractivity contribution in [2.45, 2.75) is 30.2 Å². The third-order valence-electron chi connectivity index (χ3n) is 5.18. The highest BCUT2D eigenvalue weighted by Gasteiger charge is 2.31. The number of benzene rings is 1. The molecule has 0 unspecified atom stereocenters. The first kappa shape index (κ1) is 20.3. The summed E-state index contributed by atoms with van der Waals surface area (Å²) >= 11 is 0. The van der Waals surface area contributed by atoms with Gasteiger partial charge in [-0.1, -0.05) is 0 Å². The molecule has 0 aliphatic carbocycles. The summed E-state index contributed by atoms with van der Waals surface area (Å²) < 4.78 is 45.1. The van der Waals surface area contributed by atoms with E-state index < -0.39 is 15.8 Å². The van der Waals surface area contributed by atoms with Crippen LogP contribution in [0.3, 0.4) is 0 Å². The van der Waals surface area contributed by atoms with Gasteiger partial charge in [-0.25, -0.2) is 12.8 Å². The number of hydrogen-bond acceptors (Lipinski definition) is 5. The monoisotopic (exact) mass is 432 g/mol. The van der Waals surface area contributed by atoms with Crippen LogP contribution in [0.25, 0.3) is 0 Å². The third-order valence-corrected chi connectivity index (χ3v) is 7.09. The van der Waals surface area contributed by atoms with Crippen LogP contribution in [-0.4, -0.2) is 41.9 Å². The fourth-order valence-corrected chi connectivity index (χ4v) is 4.97. The number of nitrogens with one attached hydrogen (secondary N) is 2. The quantitative estimate of drug-likeness (QED) is 0.623. The van der Waals surface area contributed by atoms with Gasteiger partial charge in [0.2, 0.25) is 10.0 Å². The Bertz CT molecular complexity index is 1100. The molecule has 158 valence electrons. The lowest BCUT2D eigenvalue weighted by molar-refractivity contribution is 0.0943. The summed E-state index contributed by atoms with van der Waals surface area (Å²) in [4.78, 5) is 12.3. The maximum absolute atomic E-state index is 13.1. The van der Waals surface area contributed by atoms with E-state index in [1.165, 1.54) is 22.7 Å². The van der Waals surface area contributed by atoms with Crippen LogP contribution in [0.1, 0.15) is 40.7 Å². The summed E-state index contributed by atoms with van der Waals surface area (Å²) in [5.74, 6) is -0.0706. The number of furan rings is 1. The van der Waals surface area contributed by atoms with Crippen LogP contribution in [0.15, 0.2) is 58.0 Å². The van der Waals surface area contributed by atoms with Crippen molar-refractivity contribution < 1.29 is 22.0 Å². The Morgan fingerprint density at radius 1 is 1.23 bits per heavy atom.